The van der Waals surface area contributed by atoms with E-state index in [1.54, 1.807) is 10.6 Å². The van der Waals surface area contributed by atoms with E-state index >= 15 is 0 Å². The smallest absolute Gasteiger partial charge is 0.266 e. The van der Waals surface area contributed by atoms with Crippen LogP contribution in [0.2, 0.25) is 0 Å². The topological polar surface area (TPSA) is 55.2 Å². The fourth-order valence-electron chi connectivity index (χ4n) is 4.20. The minimum atomic E-state index is -0.103. The van der Waals surface area contributed by atoms with Crippen molar-refractivity contribution in [2.45, 2.75) is 50.7 Å². The molecule has 0 radical (unpaired) electrons. The summed E-state index contributed by atoms with van der Waals surface area (Å²) < 4.78 is 1.66. The third kappa shape index (κ3) is 4.01. The van der Waals surface area contributed by atoms with Gasteiger partial charge in [0.25, 0.3) is 5.56 Å². The molecule has 5 nitrogen and oxygen atoms in total. The Bertz CT molecular complexity index is 1120. The highest BCUT2D eigenvalue weighted by atomic mass is 32.2. The van der Waals surface area contributed by atoms with Crippen LogP contribution in [-0.2, 0) is 4.79 Å². The Kier molecular flexibility index (Phi) is 6.23. The fourth-order valence-corrected chi connectivity index (χ4v) is 5.09. The second-order valence-corrected chi connectivity index (χ2v) is 8.71. The van der Waals surface area contributed by atoms with Crippen molar-refractivity contribution in [2.75, 3.05) is 12.3 Å². The third-order valence-electron chi connectivity index (χ3n) is 5.84. The van der Waals surface area contributed by atoms with Gasteiger partial charge in [0.2, 0.25) is 5.91 Å². The van der Waals surface area contributed by atoms with Crippen LogP contribution in [0.25, 0.3) is 16.6 Å². The number of hydrogen-bond donors (Lipinski definition) is 0. The third-order valence-corrected chi connectivity index (χ3v) is 6.77. The summed E-state index contributed by atoms with van der Waals surface area (Å²) in [7, 11) is 0. The molecule has 6 heteroatoms. The predicted octanol–water partition coefficient (Wildman–Crippen LogP) is 4.58. The molecule has 1 aliphatic heterocycles. The van der Waals surface area contributed by atoms with E-state index in [0.717, 1.165) is 37.1 Å². The number of fused-ring (bicyclic) bond motifs is 1. The van der Waals surface area contributed by atoms with Crippen LogP contribution in [0.1, 0.15) is 38.2 Å². The van der Waals surface area contributed by atoms with E-state index in [-0.39, 0.29) is 17.2 Å². The van der Waals surface area contributed by atoms with Crippen LogP contribution < -0.4 is 5.56 Å². The van der Waals surface area contributed by atoms with Gasteiger partial charge < -0.3 is 4.90 Å². The molecule has 4 rings (SSSR count). The predicted molar refractivity (Wildman–Crippen MR) is 122 cm³/mol. The first kappa shape index (κ1) is 20.7. The van der Waals surface area contributed by atoms with Gasteiger partial charge in [-0.15, -0.1) is 0 Å². The van der Waals surface area contributed by atoms with Crippen molar-refractivity contribution in [3.8, 4) is 5.69 Å². The van der Waals surface area contributed by atoms with Crippen molar-refractivity contribution in [1.82, 2.24) is 14.5 Å². The second kappa shape index (κ2) is 9.04. The van der Waals surface area contributed by atoms with Crippen molar-refractivity contribution >= 4 is 28.6 Å². The molecule has 1 amide bonds. The molecule has 3 aromatic rings. The van der Waals surface area contributed by atoms with Crippen LogP contribution in [0.5, 0.6) is 0 Å². The van der Waals surface area contributed by atoms with Crippen LogP contribution in [0.15, 0.2) is 58.5 Å². The number of hydrogen-bond acceptors (Lipinski definition) is 4. The average molecular weight is 422 g/mol. The Hall–Kier alpha value is -2.60. The van der Waals surface area contributed by atoms with E-state index < -0.39 is 0 Å². The molecule has 0 spiro atoms. The monoisotopic (exact) mass is 421 g/mol. The molecule has 1 saturated heterocycles. The maximum absolute atomic E-state index is 13.4. The molecule has 2 aromatic carbocycles. The number of carbonyl (C=O) groups excluding carboxylic acids is 1. The highest BCUT2D eigenvalue weighted by molar-refractivity contribution is 7.99. The summed E-state index contributed by atoms with van der Waals surface area (Å²) in [6.45, 7) is 4.95. The molecule has 30 heavy (non-hydrogen) atoms. The lowest BCUT2D eigenvalue weighted by Gasteiger charge is -2.35. The number of aromatic nitrogens is 2. The highest BCUT2D eigenvalue weighted by Gasteiger charge is 2.26. The molecule has 0 N–H and O–H groups in total. The Balaban J connectivity index is 1.71. The van der Waals surface area contributed by atoms with Gasteiger partial charge in [0, 0.05) is 12.6 Å². The Morgan fingerprint density at radius 2 is 1.90 bits per heavy atom. The summed E-state index contributed by atoms with van der Waals surface area (Å²) in [5.41, 5.74) is 2.35. The molecule has 1 atom stereocenters. The molecule has 0 aliphatic carbocycles. The maximum atomic E-state index is 13.4. The van der Waals surface area contributed by atoms with Crippen molar-refractivity contribution in [3.05, 3.63) is 64.4 Å². The van der Waals surface area contributed by atoms with Crippen molar-refractivity contribution in [2.24, 2.45) is 0 Å². The molecule has 1 aromatic heterocycles. The number of benzene rings is 2. The first-order valence-corrected chi connectivity index (χ1v) is 11.6. The number of amides is 1. The van der Waals surface area contributed by atoms with Gasteiger partial charge in [-0.1, -0.05) is 49.0 Å². The minimum Gasteiger partial charge on any atom is -0.339 e. The van der Waals surface area contributed by atoms with Crippen LogP contribution >= 0.6 is 11.8 Å². The normalized spacial score (nSPS) is 16.7. The number of thioether (sulfide) groups is 1. The molecule has 0 saturated carbocycles. The summed E-state index contributed by atoms with van der Waals surface area (Å²) in [6, 6.07) is 15.5. The number of rotatable bonds is 5. The summed E-state index contributed by atoms with van der Waals surface area (Å²) in [4.78, 5) is 33.1. The molecule has 1 fully saturated rings. The number of carbonyl (C=O) groups is 1. The zero-order valence-corrected chi connectivity index (χ0v) is 18.3. The molecule has 156 valence electrons. The lowest BCUT2D eigenvalue weighted by molar-refractivity contribution is -0.132. The zero-order chi connectivity index (χ0) is 21.1. The molecule has 2 heterocycles. The van der Waals surface area contributed by atoms with Crippen LogP contribution in [0.4, 0.5) is 0 Å². The molecular formula is C24H27N3O2S. The van der Waals surface area contributed by atoms with E-state index in [0.29, 0.717) is 22.1 Å². The standard InChI is InChI=1S/C24H27N3O2S/c1-3-18-11-8-9-15-26(18)22(28)16-30-24-25-20-13-6-5-12-19(20)23(29)27(24)21-14-7-4-10-17(21)2/h4-7,10,12-14,18H,3,8-9,11,15-16H2,1-2H3/t18-/m1/s1. The van der Waals surface area contributed by atoms with E-state index in [4.69, 9.17) is 4.98 Å². The van der Waals surface area contributed by atoms with Gasteiger partial charge >= 0.3 is 0 Å². The van der Waals surface area contributed by atoms with Gasteiger partial charge in [0.05, 0.1) is 22.3 Å². The number of aryl methyl sites for hydroxylation is 1. The zero-order valence-electron chi connectivity index (χ0n) is 17.5. The summed E-state index contributed by atoms with van der Waals surface area (Å²) in [5.74, 6) is 0.415. The van der Waals surface area contributed by atoms with E-state index in [1.165, 1.54) is 18.2 Å². The van der Waals surface area contributed by atoms with Gasteiger partial charge in [-0.25, -0.2) is 4.98 Å². The summed E-state index contributed by atoms with van der Waals surface area (Å²) >= 11 is 1.35. The fraction of sp³-hybridized carbons (Fsp3) is 0.375. The van der Waals surface area contributed by atoms with Crippen LogP contribution in [0, 0.1) is 6.92 Å². The largest absolute Gasteiger partial charge is 0.339 e. The van der Waals surface area contributed by atoms with Gasteiger partial charge in [0.1, 0.15) is 0 Å². The second-order valence-electron chi connectivity index (χ2n) is 7.77. The van der Waals surface area contributed by atoms with Crippen LogP contribution in [-0.4, -0.2) is 38.7 Å². The van der Waals surface area contributed by atoms with E-state index in [2.05, 4.69) is 6.92 Å². The van der Waals surface area contributed by atoms with Gasteiger partial charge in [-0.3, -0.25) is 14.2 Å². The molecule has 0 unspecified atom stereocenters. The first-order chi connectivity index (χ1) is 14.6. The first-order valence-electron chi connectivity index (χ1n) is 10.6. The van der Waals surface area contributed by atoms with E-state index in [1.807, 2.05) is 54.3 Å². The molecular weight excluding hydrogens is 394 g/mol. The number of piperidine rings is 1. The van der Waals surface area contributed by atoms with Gasteiger partial charge in [-0.05, 0) is 56.4 Å². The van der Waals surface area contributed by atoms with Crippen molar-refractivity contribution in [3.63, 3.8) is 0 Å². The Morgan fingerprint density at radius 3 is 2.70 bits per heavy atom. The lowest BCUT2D eigenvalue weighted by Crippen LogP contribution is -2.44. The Labute approximate surface area is 181 Å². The summed E-state index contributed by atoms with van der Waals surface area (Å²) in [5, 5.41) is 1.14. The number of likely N-dealkylation sites (tertiary alicyclic amines) is 1. The Morgan fingerprint density at radius 1 is 1.13 bits per heavy atom. The average Bonchev–Trinajstić information content (AvgIpc) is 2.78. The number of nitrogens with zero attached hydrogens (tertiary/aromatic N) is 3. The van der Waals surface area contributed by atoms with Gasteiger partial charge in [0.15, 0.2) is 5.16 Å². The van der Waals surface area contributed by atoms with Gasteiger partial charge in [-0.2, -0.15) is 0 Å². The van der Waals surface area contributed by atoms with Crippen molar-refractivity contribution < 1.29 is 4.79 Å². The highest BCUT2D eigenvalue weighted by Crippen LogP contribution is 2.25. The lowest BCUT2D eigenvalue weighted by atomic mass is 10.0. The maximum Gasteiger partial charge on any atom is 0.266 e. The molecule has 0 bridgehead atoms. The SMILES string of the molecule is CC[C@@H]1CCCCN1C(=O)CSc1nc2ccccc2c(=O)n1-c1ccccc1C. The van der Waals surface area contributed by atoms with E-state index in [9.17, 15) is 9.59 Å². The molecule has 1 aliphatic rings. The van der Waals surface area contributed by atoms with Crippen LogP contribution in [0.3, 0.4) is 0 Å². The summed E-state index contributed by atoms with van der Waals surface area (Å²) in [6.07, 6.45) is 4.32. The van der Waals surface area contributed by atoms with Crippen molar-refractivity contribution in [1.29, 1.82) is 0 Å². The minimum absolute atomic E-state index is 0.103. The quantitative estimate of drug-likeness (QED) is 0.447. The number of para-hydroxylation sites is 2.